The zero-order valence-corrected chi connectivity index (χ0v) is 13.7. The molecule has 1 aromatic carbocycles. The predicted octanol–water partition coefficient (Wildman–Crippen LogP) is 4.83. The second kappa shape index (κ2) is 10.2. The number of nitrogens with one attached hydrogen (secondary N) is 1. The van der Waals surface area contributed by atoms with Crippen LogP contribution in [0.15, 0.2) is 24.3 Å². The fourth-order valence-corrected chi connectivity index (χ4v) is 2.31. The van der Waals surface area contributed by atoms with E-state index in [1.165, 1.54) is 6.42 Å². The second-order valence-electron chi connectivity index (χ2n) is 5.65. The SMILES string of the molecule is CCCNCC(OCCCC(C)C)c1cccc(Cl)c1. The fourth-order valence-electron chi connectivity index (χ4n) is 2.11. The maximum Gasteiger partial charge on any atom is 0.0949 e. The van der Waals surface area contributed by atoms with Crippen LogP contribution >= 0.6 is 11.6 Å². The first kappa shape index (κ1) is 17.5. The highest BCUT2D eigenvalue weighted by molar-refractivity contribution is 6.30. The van der Waals surface area contributed by atoms with Gasteiger partial charge in [0, 0.05) is 18.2 Å². The molecule has 3 heteroatoms. The molecule has 0 aromatic heterocycles. The van der Waals surface area contributed by atoms with E-state index in [1.54, 1.807) is 0 Å². The van der Waals surface area contributed by atoms with E-state index in [-0.39, 0.29) is 6.10 Å². The van der Waals surface area contributed by atoms with Crippen LogP contribution in [0.5, 0.6) is 0 Å². The van der Waals surface area contributed by atoms with E-state index in [2.05, 4.69) is 32.2 Å². The molecule has 0 aliphatic rings. The van der Waals surface area contributed by atoms with Gasteiger partial charge in [-0.1, -0.05) is 44.5 Å². The van der Waals surface area contributed by atoms with Gasteiger partial charge < -0.3 is 10.1 Å². The van der Waals surface area contributed by atoms with Crippen molar-refractivity contribution in [3.63, 3.8) is 0 Å². The Morgan fingerprint density at radius 2 is 2.10 bits per heavy atom. The standard InChI is InChI=1S/C17H28ClNO/c1-4-10-19-13-17(20-11-6-7-14(2)3)15-8-5-9-16(18)12-15/h5,8-9,12,14,17,19H,4,6-7,10-11,13H2,1-3H3. The summed E-state index contributed by atoms with van der Waals surface area (Å²) in [5.74, 6) is 0.737. The largest absolute Gasteiger partial charge is 0.372 e. The van der Waals surface area contributed by atoms with E-state index in [1.807, 2.05) is 18.2 Å². The third kappa shape index (κ3) is 7.28. The third-order valence-corrected chi connectivity index (χ3v) is 3.46. The minimum Gasteiger partial charge on any atom is -0.372 e. The van der Waals surface area contributed by atoms with Gasteiger partial charge in [0.05, 0.1) is 6.10 Å². The van der Waals surface area contributed by atoms with Crippen LogP contribution in [-0.4, -0.2) is 19.7 Å². The molecule has 0 saturated carbocycles. The summed E-state index contributed by atoms with van der Waals surface area (Å²) >= 11 is 6.08. The summed E-state index contributed by atoms with van der Waals surface area (Å²) < 4.78 is 6.06. The molecule has 0 fully saturated rings. The van der Waals surface area contributed by atoms with Crippen LogP contribution in [0.2, 0.25) is 5.02 Å². The lowest BCUT2D eigenvalue weighted by Gasteiger charge is -2.19. The van der Waals surface area contributed by atoms with Gasteiger partial charge in [0.25, 0.3) is 0 Å². The van der Waals surface area contributed by atoms with E-state index in [0.717, 1.165) is 49.0 Å². The lowest BCUT2D eigenvalue weighted by atomic mass is 10.1. The molecule has 1 unspecified atom stereocenters. The molecule has 114 valence electrons. The van der Waals surface area contributed by atoms with Gasteiger partial charge in [0.1, 0.15) is 0 Å². The zero-order valence-electron chi connectivity index (χ0n) is 13.0. The minimum atomic E-state index is 0.0902. The molecule has 0 aliphatic heterocycles. The van der Waals surface area contributed by atoms with Crippen LogP contribution in [-0.2, 0) is 4.74 Å². The average Bonchev–Trinajstić information content (AvgIpc) is 2.41. The highest BCUT2D eigenvalue weighted by atomic mass is 35.5. The summed E-state index contributed by atoms with van der Waals surface area (Å²) in [5.41, 5.74) is 1.16. The van der Waals surface area contributed by atoms with Gasteiger partial charge in [-0.2, -0.15) is 0 Å². The maximum absolute atomic E-state index is 6.08. The van der Waals surface area contributed by atoms with Crippen molar-refractivity contribution in [3.8, 4) is 0 Å². The van der Waals surface area contributed by atoms with Crippen molar-refractivity contribution in [2.24, 2.45) is 5.92 Å². The summed E-state index contributed by atoms with van der Waals surface area (Å²) in [5, 5.41) is 4.21. The minimum absolute atomic E-state index is 0.0902. The molecule has 0 radical (unpaired) electrons. The van der Waals surface area contributed by atoms with Crippen molar-refractivity contribution in [1.29, 1.82) is 0 Å². The van der Waals surface area contributed by atoms with Gasteiger partial charge >= 0.3 is 0 Å². The smallest absolute Gasteiger partial charge is 0.0949 e. The zero-order chi connectivity index (χ0) is 14.8. The van der Waals surface area contributed by atoms with Crippen molar-refractivity contribution in [2.45, 2.75) is 46.1 Å². The lowest BCUT2D eigenvalue weighted by molar-refractivity contribution is 0.0488. The number of halogens is 1. The summed E-state index contributed by atoms with van der Waals surface area (Å²) in [4.78, 5) is 0. The molecule has 0 heterocycles. The Kier molecular flexibility index (Phi) is 8.92. The van der Waals surface area contributed by atoms with E-state index in [0.29, 0.717) is 0 Å². The van der Waals surface area contributed by atoms with Crippen molar-refractivity contribution in [3.05, 3.63) is 34.9 Å². The first-order valence-electron chi connectivity index (χ1n) is 7.71. The van der Waals surface area contributed by atoms with Gasteiger partial charge in [-0.15, -0.1) is 0 Å². The van der Waals surface area contributed by atoms with Crippen LogP contribution < -0.4 is 5.32 Å². The van der Waals surface area contributed by atoms with E-state index < -0.39 is 0 Å². The molecule has 0 aliphatic carbocycles. The first-order chi connectivity index (χ1) is 9.63. The normalized spacial score (nSPS) is 12.8. The highest BCUT2D eigenvalue weighted by Crippen LogP contribution is 2.21. The van der Waals surface area contributed by atoms with E-state index >= 15 is 0 Å². The highest BCUT2D eigenvalue weighted by Gasteiger charge is 2.12. The third-order valence-electron chi connectivity index (χ3n) is 3.22. The predicted molar refractivity (Wildman–Crippen MR) is 87.4 cm³/mol. The maximum atomic E-state index is 6.08. The van der Waals surface area contributed by atoms with Crippen molar-refractivity contribution in [2.75, 3.05) is 19.7 Å². The first-order valence-corrected chi connectivity index (χ1v) is 8.09. The summed E-state index contributed by atoms with van der Waals surface area (Å²) in [6.07, 6.45) is 3.55. The molecule has 0 amide bonds. The van der Waals surface area contributed by atoms with Gasteiger partial charge in [0.15, 0.2) is 0 Å². The molecule has 1 atom stereocenters. The number of rotatable bonds is 10. The number of ether oxygens (including phenoxy) is 1. The van der Waals surface area contributed by atoms with Gasteiger partial charge in [-0.25, -0.2) is 0 Å². The monoisotopic (exact) mass is 297 g/mol. The fraction of sp³-hybridized carbons (Fsp3) is 0.647. The molecule has 20 heavy (non-hydrogen) atoms. The van der Waals surface area contributed by atoms with Crippen LogP contribution in [0.4, 0.5) is 0 Å². The number of hydrogen-bond donors (Lipinski definition) is 1. The molecule has 0 saturated heterocycles. The molecular weight excluding hydrogens is 270 g/mol. The van der Waals surface area contributed by atoms with Crippen molar-refractivity contribution >= 4 is 11.6 Å². The average molecular weight is 298 g/mol. The molecular formula is C17H28ClNO. The van der Waals surface area contributed by atoms with Gasteiger partial charge in [0.2, 0.25) is 0 Å². The Labute approximate surface area is 128 Å². The second-order valence-corrected chi connectivity index (χ2v) is 6.09. The Morgan fingerprint density at radius 3 is 2.75 bits per heavy atom. The van der Waals surface area contributed by atoms with Crippen molar-refractivity contribution < 1.29 is 4.74 Å². The van der Waals surface area contributed by atoms with E-state index in [4.69, 9.17) is 16.3 Å². The summed E-state index contributed by atoms with van der Waals surface area (Å²) in [7, 11) is 0. The number of benzene rings is 1. The van der Waals surface area contributed by atoms with E-state index in [9.17, 15) is 0 Å². The Balaban J connectivity index is 2.51. The van der Waals surface area contributed by atoms with Crippen LogP contribution in [0.1, 0.15) is 51.7 Å². The lowest BCUT2D eigenvalue weighted by Crippen LogP contribution is -2.24. The van der Waals surface area contributed by atoms with Crippen LogP contribution in [0.3, 0.4) is 0 Å². The topological polar surface area (TPSA) is 21.3 Å². The quantitative estimate of drug-likeness (QED) is 0.624. The molecule has 0 spiro atoms. The molecule has 1 rings (SSSR count). The molecule has 1 aromatic rings. The Hall–Kier alpha value is -0.570. The molecule has 0 bridgehead atoms. The molecule has 2 nitrogen and oxygen atoms in total. The summed E-state index contributed by atoms with van der Waals surface area (Å²) in [6.45, 7) is 9.34. The van der Waals surface area contributed by atoms with Crippen LogP contribution in [0, 0.1) is 5.92 Å². The Bertz CT molecular complexity index is 368. The van der Waals surface area contributed by atoms with Crippen LogP contribution in [0.25, 0.3) is 0 Å². The van der Waals surface area contributed by atoms with Gasteiger partial charge in [-0.3, -0.25) is 0 Å². The Morgan fingerprint density at radius 1 is 1.30 bits per heavy atom. The molecule has 1 N–H and O–H groups in total. The van der Waals surface area contributed by atoms with Gasteiger partial charge in [-0.05, 0) is 49.4 Å². The number of hydrogen-bond acceptors (Lipinski definition) is 2. The summed E-state index contributed by atoms with van der Waals surface area (Å²) in [6, 6.07) is 7.98. The van der Waals surface area contributed by atoms with Crippen molar-refractivity contribution in [1.82, 2.24) is 5.32 Å².